The largest absolute Gasteiger partial charge is 0.491 e. The topological polar surface area (TPSA) is 47.6 Å². The number of rotatable bonds is 7. The summed E-state index contributed by atoms with van der Waals surface area (Å²) in [4.78, 5) is 12.5. The van der Waals surface area contributed by atoms with Crippen LogP contribution in [0.1, 0.15) is 48.9 Å². The van der Waals surface area contributed by atoms with Crippen LogP contribution >= 0.6 is 0 Å². The molecule has 3 rings (SSSR count). The molecule has 0 aliphatic heterocycles. The van der Waals surface area contributed by atoms with E-state index in [4.69, 9.17) is 9.47 Å². The molecule has 0 fully saturated rings. The van der Waals surface area contributed by atoms with Crippen LogP contribution in [0.4, 0.5) is 0 Å². The van der Waals surface area contributed by atoms with Crippen LogP contribution in [0, 0.1) is 13.8 Å². The Kier molecular flexibility index (Phi) is 6.61. The third-order valence-electron chi connectivity index (χ3n) is 5.37. The molecular weight excluding hydrogens is 350 g/mol. The molecule has 28 heavy (non-hydrogen) atoms. The summed E-state index contributed by atoms with van der Waals surface area (Å²) in [5.41, 5.74) is 5.20. The molecule has 0 aromatic heterocycles. The van der Waals surface area contributed by atoms with Gasteiger partial charge in [0.05, 0.1) is 6.04 Å². The fourth-order valence-electron chi connectivity index (χ4n) is 3.47. The summed E-state index contributed by atoms with van der Waals surface area (Å²) in [6, 6.07) is 12.1. The summed E-state index contributed by atoms with van der Waals surface area (Å²) in [5.74, 6) is 1.46. The molecule has 1 aliphatic rings. The van der Waals surface area contributed by atoms with Gasteiger partial charge in [-0.25, -0.2) is 0 Å². The second-order valence-electron chi connectivity index (χ2n) is 7.86. The van der Waals surface area contributed by atoms with Gasteiger partial charge in [0.25, 0.3) is 5.91 Å². The van der Waals surface area contributed by atoms with Crippen molar-refractivity contribution in [2.24, 2.45) is 0 Å². The van der Waals surface area contributed by atoms with Crippen LogP contribution in [-0.4, -0.2) is 24.7 Å². The van der Waals surface area contributed by atoms with Gasteiger partial charge < -0.3 is 14.8 Å². The molecule has 0 radical (unpaired) electrons. The van der Waals surface area contributed by atoms with Crippen LogP contribution in [0.15, 0.2) is 36.4 Å². The molecule has 4 nitrogen and oxygen atoms in total. The number of benzene rings is 2. The second-order valence-corrected chi connectivity index (χ2v) is 7.86. The van der Waals surface area contributed by atoms with Crippen molar-refractivity contribution in [3.8, 4) is 11.5 Å². The van der Waals surface area contributed by atoms with Gasteiger partial charge in [-0.2, -0.15) is 0 Å². The second kappa shape index (κ2) is 9.13. The van der Waals surface area contributed by atoms with Crippen LogP contribution in [0.3, 0.4) is 0 Å². The van der Waals surface area contributed by atoms with Crippen molar-refractivity contribution in [2.75, 3.05) is 6.61 Å². The molecule has 1 aliphatic carbocycles. The van der Waals surface area contributed by atoms with Crippen molar-refractivity contribution in [3.05, 3.63) is 58.7 Å². The maximum atomic E-state index is 12.5. The van der Waals surface area contributed by atoms with Gasteiger partial charge in [0.1, 0.15) is 18.1 Å². The van der Waals surface area contributed by atoms with E-state index < -0.39 is 6.10 Å². The van der Waals surface area contributed by atoms with Gasteiger partial charge in [-0.15, -0.1) is 0 Å². The molecule has 150 valence electrons. The Morgan fingerprint density at radius 3 is 2.43 bits per heavy atom. The maximum Gasteiger partial charge on any atom is 0.261 e. The minimum atomic E-state index is -0.550. The number of carbonyl (C=O) groups excluding carboxylic acids is 1. The lowest BCUT2D eigenvalue weighted by molar-refractivity contribution is -0.128. The average Bonchev–Trinajstić information content (AvgIpc) is 2.68. The van der Waals surface area contributed by atoms with E-state index in [0.29, 0.717) is 6.61 Å². The Bertz CT molecular complexity index is 831. The number of carbonyl (C=O) groups is 1. The minimum absolute atomic E-state index is 0.108. The van der Waals surface area contributed by atoms with Crippen LogP contribution in [0.2, 0.25) is 0 Å². The Hall–Kier alpha value is -2.49. The summed E-state index contributed by atoms with van der Waals surface area (Å²) in [7, 11) is 0. The lowest BCUT2D eigenvalue weighted by Gasteiger charge is -2.21. The Balaban J connectivity index is 1.48. The Labute approximate surface area is 168 Å². The van der Waals surface area contributed by atoms with Gasteiger partial charge in [-0.05, 0) is 99.9 Å². The zero-order valence-corrected chi connectivity index (χ0v) is 17.4. The normalized spacial score (nSPS) is 15.3. The van der Waals surface area contributed by atoms with Gasteiger partial charge in [-0.3, -0.25) is 4.79 Å². The van der Waals surface area contributed by atoms with Gasteiger partial charge in [-0.1, -0.05) is 12.1 Å². The van der Waals surface area contributed by atoms with Crippen LogP contribution < -0.4 is 14.8 Å². The van der Waals surface area contributed by atoms with Crippen molar-refractivity contribution in [1.29, 1.82) is 0 Å². The fourth-order valence-corrected chi connectivity index (χ4v) is 3.47. The predicted molar refractivity (Wildman–Crippen MR) is 112 cm³/mol. The molecule has 0 heterocycles. The molecule has 1 amide bonds. The standard InChI is InChI=1S/C24H31NO3/c1-16-9-11-22(13-17(16)2)27-15-18(3)25-24(26)19(4)28-23-12-10-20-7-5-6-8-21(20)14-23/h9-14,18-19H,5-8,15H2,1-4H3,(H,25,26). The minimum Gasteiger partial charge on any atom is -0.491 e. The first-order chi connectivity index (χ1) is 13.4. The quantitative estimate of drug-likeness (QED) is 0.766. The molecule has 2 unspecified atom stereocenters. The van der Waals surface area contributed by atoms with Gasteiger partial charge in [0.2, 0.25) is 0 Å². The molecule has 0 bridgehead atoms. The molecule has 2 atom stereocenters. The summed E-state index contributed by atoms with van der Waals surface area (Å²) in [5, 5.41) is 2.97. The van der Waals surface area contributed by atoms with E-state index in [2.05, 4.69) is 31.3 Å². The molecule has 0 saturated carbocycles. The number of amides is 1. The van der Waals surface area contributed by atoms with Gasteiger partial charge in [0.15, 0.2) is 6.10 Å². The first-order valence-corrected chi connectivity index (χ1v) is 10.2. The number of nitrogens with one attached hydrogen (secondary N) is 1. The van der Waals surface area contributed by atoms with E-state index in [9.17, 15) is 4.79 Å². The average molecular weight is 382 g/mol. The Morgan fingerprint density at radius 1 is 0.964 bits per heavy atom. The van der Waals surface area contributed by atoms with E-state index in [1.54, 1.807) is 6.92 Å². The van der Waals surface area contributed by atoms with E-state index in [0.717, 1.165) is 24.3 Å². The predicted octanol–water partition coefficient (Wildman–Crippen LogP) is 4.53. The smallest absolute Gasteiger partial charge is 0.261 e. The molecule has 1 N–H and O–H groups in total. The van der Waals surface area contributed by atoms with Crippen molar-refractivity contribution in [3.63, 3.8) is 0 Å². The van der Waals surface area contributed by atoms with Crippen LogP contribution in [0.5, 0.6) is 11.5 Å². The highest BCUT2D eigenvalue weighted by atomic mass is 16.5. The van der Waals surface area contributed by atoms with E-state index in [-0.39, 0.29) is 11.9 Å². The van der Waals surface area contributed by atoms with E-state index in [1.165, 1.54) is 35.1 Å². The fraction of sp³-hybridized carbons (Fsp3) is 0.458. The number of hydrogen-bond donors (Lipinski definition) is 1. The summed E-state index contributed by atoms with van der Waals surface area (Å²) >= 11 is 0. The SMILES string of the molecule is Cc1ccc(OCC(C)NC(=O)C(C)Oc2ccc3c(c2)CCCC3)cc1C. The first-order valence-electron chi connectivity index (χ1n) is 10.2. The molecule has 0 spiro atoms. The molecule has 4 heteroatoms. The molecule has 2 aromatic carbocycles. The van der Waals surface area contributed by atoms with Crippen LogP contribution in [-0.2, 0) is 17.6 Å². The lowest BCUT2D eigenvalue weighted by atomic mass is 9.92. The zero-order chi connectivity index (χ0) is 20.1. The third-order valence-corrected chi connectivity index (χ3v) is 5.37. The molecule has 0 saturated heterocycles. The summed E-state index contributed by atoms with van der Waals surface area (Å²) < 4.78 is 11.7. The van der Waals surface area contributed by atoms with E-state index >= 15 is 0 Å². The highest BCUT2D eigenvalue weighted by Crippen LogP contribution is 2.26. The third kappa shape index (κ3) is 5.28. The van der Waals surface area contributed by atoms with E-state index in [1.807, 2.05) is 31.2 Å². The molecule has 2 aromatic rings. The van der Waals surface area contributed by atoms with Crippen LogP contribution in [0.25, 0.3) is 0 Å². The van der Waals surface area contributed by atoms with Crippen molar-refractivity contribution in [2.45, 2.75) is 65.5 Å². The maximum absolute atomic E-state index is 12.5. The number of ether oxygens (including phenoxy) is 2. The number of hydrogen-bond acceptors (Lipinski definition) is 3. The summed E-state index contributed by atoms with van der Waals surface area (Å²) in [6.45, 7) is 8.27. The van der Waals surface area contributed by atoms with Crippen molar-refractivity contribution >= 4 is 5.91 Å². The Morgan fingerprint density at radius 2 is 1.68 bits per heavy atom. The first kappa shape index (κ1) is 20.2. The number of fused-ring (bicyclic) bond motifs is 1. The van der Waals surface area contributed by atoms with Crippen molar-refractivity contribution < 1.29 is 14.3 Å². The molecular formula is C24H31NO3. The lowest BCUT2D eigenvalue weighted by Crippen LogP contribution is -2.43. The zero-order valence-electron chi connectivity index (χ0n) is 17.4. The van der Waals surface area contributed by atoms with Crippen molar-refractivity contribution in [1.82, 2.24) is 5.32 Å². The monoisotopic (exact) mass is 381 g/mol. The van der Waals surface area contributed by atoms with Gasteiger partial charge >= 0.3 is 0 Å². The highest BCUT2D eigenvalue weighted by molar-refractivity contribution is 5.81. The number of aryl methyl sites for hydroxylation is 4. The summed E-state index contributed by atoms with van der Waals surface area (Å²) in [6.07, 6.45) is 4.17. The highest BCUT2D eigenvalue weighted by Gasteiger charge is 2.18. The van der Waals surface area contributed by atoms with Gasteiger partial charge in [0, 0.05) is 0 Å².